The van der Waals surface area contributed by atoms with Gasteiger partial charge in [-0.3, -0.25) is 0 Å². The first-order valence-corrected chi connectivity index (χ1v) is 8.92. The average molecular weight is 317 g/mol. The molecule has 0 atom stereocenters. The molecule has 3 rings (SSSR count). The predicted octanol–water partition coefficient (Wildman–Crippen LogP) is 3.87. The molecule has 1 aliphatic carbocycles. The lowest BCUT2D eigenvalue weighted by Gasteiger charge is -2.23. The third-order valence-electron chi connectivity index (χ3n) is 4.63. The summed E-state index contributed by atoms with van der Waals surface area (Å²) in [6, 6.07) is 0.851. The Kier molecular flexibility index (Phi) is 5.31. The molecule has 0 amide bonds. The van der Waals surface area contributed by atoms with Crippen LogP contribution in [-0.4, -0.2) is 26.1 Å². The molecule has 0 aromatic carbocycles. The van der Waals surface area contributed by atoms with Gasteiger partial charge in [0.05, 0.1) is 12.9 Å². The molecular weight excluding hydrogens is 290 g/mol. The molecule has 0 saturated heterocycles. The van der Waals surface area contributed by atoms with Gasteiger partial charge in [-0.05, 0) is 19.3 Å². The lowest BCUT2D eigenvalue weighted by atomic mass is 9.95. The van der Waals surface area contributed by atoms with E-state index in [2.05, 4.69) is 26.4 Å². The molecule has 6 heteroatoms. The third kappa shape index (κ3) is 3.74. The molecule has 2 aromatic heterocycles. The topological polar surface area (TPSA) is 78.9 Å². The van der Waals surface area contributed by atoms with Crippen LogP contribution in [0.3, 0.4) is 0 Å². The minimum Gasteiger partial charge on any atom is -0.463 e. The van der Waals surface area contributed by atoms with Crippen molar-refractivity contribution in [3.8, 4) is 6.01 Å². The van der Waals surface area contributed by atoms with Crippen LogP contribution in [0.25, 0.3) is 11.2 Å². The number of ether oxygens (including phenoxy) is 1. The molecule has 0 spiro atoms. The Labute approximate surface area is 137 Å². The summed E-state index contributed by atoms with van der Waals surface area (Å²) in [7, 11) is 0. The van der Waals surface area contributed by atoms with Crippen molar-refractivity contribution in [3.63, 3.8) is 0 Å². The molecule has 0 aliphatic heterocycles. The molecule has 0 radical (unpaired) electrons. The van der Waals surface area contributed by atoms with Crippen LogP contribution in [0.15, 0.2) is 6.33 Å². The van der Waals surface area contributed by atoms with E-state index in [9.17, 15) is 0 Å². The molecule has 2 heterocycles. The molecular formula is C17H27N5O. The maximum Gasteiger partial charge on any atom is 0.320 e. The first kappa shape index (κ1) is 16.0. The first-order chi connectivity index (χ1) is 11.3. The Bertz CT molecular complexity index is 633. The fourth-order valence-corrected chi connectivity index (χ4v) is 3.30. The normalized spacial score (nSPS) is 16.0. The highest BCUT2D eigenvalue weighted by molar-refractivity contribution is 5.82. The van der Waals surface area contributed by atoms with E-state index in [1.807, 2.05) is 6.33 Å². The minimum atomic E-state index is 0.379. The minimum absolute atomic E-state index is 0.379. The Hall–Kier alpha value is -1.85. The van der Waals surface area contributed by atoms with Crippen LogP contribution in [0.1, 0.15) is 70.8 Å². The van der Waals surface area contributed by atoms with Gasteiger partial charge in [-0.15, -0.1) is 0 Å². The Morgan fingerprint density at radius 3 is 2.78 bits per heavy atom. The largest absolute Gasteiger partial charge is 0.463 e. The standard InChI is InChI=1S/C17H27N5O/c1-2-3-4-8-11-23-17-20-15(18)14-16(21-17)22(12-19-14)13-9-6-5-7-10-13/h12-13H,2-11H2,1H3,(H2,18,20,21). The maximum atomic E-state index is 6.04. The van der Waals surface area contributed by atoms with E-state index in [0.29, 0.717) is 30.0 Å². The van der Waals surface area contributed by atoms with Gasteiger partial charge >= 0.3 is 6.01 Å². The lowest BCUT2D eigenvalue weighted by Crippen LogP contribution is -2.13. The molecule has 1 saturated carbocycles. The number of nitrogen functional groups attached to an aromatic ring is 1. The van der Waals surface area contributed by atoms with Gasteiger partial charge in [0.25, 0.3) is 0 Å². The van der Waals surface area contributed by atoms with Gasteiger partial charge in [-0.2, -0.15) is 9.97 Å². The monoisotopic (exact) mass is 317 g/mol. The zero-order valence-corrected chi connectivity index (χ0v) is 14.0. The molecule has 1 fully saturated rings. The number of imidazole rings is 1. The van der Waals surface area contributed by atoms with Crippen molar-refractivity contribution in [2.75, 3.05) is 12.3 Å². The molecule has 23 heavy (non-hydrogen) atoms. The van der Waals surface area contributed by atoms with Crippen molar-refractivity contribution in [2.24, 2.45) is 0 Å². The Balaban J connectivity index is 1.75. The highest BCUT2D eigenvalue weighted by Gasteiger charge is 2.20. The van der Waals surface area contributed by atoms with Crippen LogP contribution >= 0.6 is 0 Å². The number of unbranched alkanes of at least 4 members (excludes halogenated alkanes) is 3. The predicted molar refractivity (Wildman–Crippen MR) is 91.5 cm³/mol. The number of fused-ring (bicyclic) bond motifs is 1. The number of aromatic nitrogens is 4. The van der Waals surface area contributed by atoms with Crippen LogP contribution in [0.4, 0.5) is 5.82 Å². The number of hydrogen-bond acceptors (Lipinski definition) is 5. The Morgan fingerprint density at radius 1 is 1.17 bits per heavy atom. The van der Waals surface area contributed by atoms with E-state index in [-0.39, 0.29) is 0 Å². The highest BCUT2D eigenvalue weighted by Crippen LogP contribution is 2.31. The molecule has 0 bridgehead atoms. The molecule has 1 aliphatic rings. The summed E-state index contributed by atoms with van der Waals surface area (Å²) < 4.78 is 7.87. The van der Waals surface area contributed by atoms with Crippen LogP contribution < -0.4 is 10.5 Å². The second-order valence-corrected chi connectivity index (χ2v) is 6.42. The first-order valence-electron chi connectivity index (χ1n) is 8.92. The smallest absolute Gasteiger partial charge is 0.320 e. The zero-order chi connectivity index (χ0) is 16.1. The molecule has 6 nitrogen and oxygen atoms in total. The van der Waals surface area contributed by atoms with Gasteiger partial charge in [0.2, 0.25) is 0 Å². The van der Waals surface area contributed by atoms with Crippen molar-refractivity contribution in [1.82, 2.24) is 19.5 Å². The maximum absolute atomic E-state index is 6.04. The molecule has 126 valence electrons. The third-order valence-corrected chi connectivity index (χ3v) is 4.63. The van der Waals surface area contributed by atoms with E-state index < -0.39 is 0 Å². The molecule has 2 aromatic rings. The summed E-state index contributed by atoms with van der Waals surface area (Å²) in [6.45, 7) is 2.84. The van der Waals surface area contributed by atoms with E-state index in [1.54, 1.807) is 0 Å². The van der Waals surface area contributed by atoms with Gasteiger partial charge in [0.15, 0.2) is 17.0 Å². The molecule has 2 N–H and O–H groups in total. The fraction of sp³-hybridized carbons (Fsp3) is 0.706. The van der Waals surface area contributed by atoms with E-state index in [4.69, 9.17) is 10.5 Å². The summed E-state index contributed by atoms with van der Waals surface area (Å²) in [5.41, 5.74) is 7.55. The summed E-state index contributed by atoms with van der Waals surface area (Å²) in [4.78, 5) is 13.2. The number of rotatable bonds is 7. The van der Waals surface area contributed by atoms with Crippen molar-refractivity contribution >= 4 is 17.0 Å². The Morgan fingerprint density at radius 2 is 2.00 bits per heavy atom. The van der Waals surface area contributed by atoms with Crippen LogP contribution in [0.5, 0.6) is 6.01 Å². The van der Waals surface area contributed by atoms with Gasteiger partial charge in [-0.1, -0.05) is 45.4 Å². The van der Waals surface area contributed by atoms with Crippen LogP contribution in [-0.2, 0) is 0 Å². The lowest BCUT2D eigenvalue weighted by molar-refractivity contribution is 0.282. The zero-order valence-electron chi connectivity index (χ0n) is 14.0. The second-order valence-electron chi connectivity index (χ2n) is 6.42. The number of anilines is 1. The van der Waals surface area contributed by atoms with E-state index in [1.165, 1.54) is 51.4 Å². The quantitative estimate of drug-likeness (QED) is 0.784. The van der Waals surface area contributed by atoms with Crippen molar-refractivity contribution in [1.29, 1.82) is 0 Å². The van der Waals surface area contributed by atoms with Gasteiger partial charge < -0.3 is 15.0 Å². The van der Waals surface area contributed by atoms with Crippen LogP contribution in [0, 0.1) is 0 Å². The van der Waals surface area contributed by atoms with Gasteiger partial charge in [-0.25, -0.2) is 4.98 Å². The summed E-state index contributed by atoms with van der Waals surface area (Å²) in [5, 5.41) is 0. The van der Waals surface area contributed by atoms with Gasteiger partial charge in [0.1, 0.15) is 0 Å². The highest BCUT2D eigenvalue weighted by atomic mass is 16.5. The van der Waals surface area contributed by atoms with Crippen LogP contribution in [0.2, 0.25) is 0 Å². The summed E-state index contributed by atoms with van der Waals surface area (Å²) in [5.74, 6) is 0.410. The second kappa shape index (κ2) is 7.62. The molecule has 0 unspecified atom stereocenters. The fourth-order valence-electron chi connectivity index (χ4n) is 3.30. The van der Waals surface area contributed by atoms with Gasteiger partial charge in [0, 0.05) is 6.04 Å². The SMILES string of the molecule is CCCCCCOc1nc(N)c2ncn(C3CCCCC3)c2n1. The van der Waals surface area contributed by atoms with Crippen molar-refractivity contribution in [2.45, 2.75) is 70.8 Å². The average Bonchev–Trinajstić information content (AvgIpc) is 3.00. The van der Waals surface area contributed by atoms with Crippen molar-refractivity contribution < 1.29 is 4.74 Å². The van der Waals surface area contributed by atoms with Crippen molar-refractivity contribution in [3.05, 3.63) is 6.33 Å². The summed E-state index contributed by atoms with van der Waals surface area (Å²) >= 11 is 0. The summed E-state index contributed by atoms with van der Waals surface area (Å²) in [6.07, 6.45) is 12.7. The number of nitrogens with two attached hydrogens (primary N) is 1. The van der Waals surface area contributed by atoms with E-state index in [0.717, 1.165) is 12.1 Å². The number of hydrogen-bond donors (Lipinski definition) is 1. The number of nitrogens with zero attached hydrogens (tertiary/aromatic N) is 4. The van der Waals surface area contributed by atoms with E-state index >= 15 is 0 Å².